The molecule has 0 aromatic carbocycles. The van der Waals surface area contributed by atoms with Crippen LogP contribution in [0.4, 0.5) is 0 Å². The maximum Gasteiger partial charge on any atom is 0.230 e. The highest BCUT2D eigenvalue weighted by molar-refractivity contribution is 5.84. The van der Waals surface area contributed by atoms with E-state index in [1.807, 2.05) is 18.7 Å². The van der Waals surface area contributed by atoms with Crippen LogP contribution in [-0.2, 0) is 9.53 Å². The van der Waals surface area contributed by atoms with Crippen LogP contribution in [-0.4, -0.2) is 53.9 Å². The zero-order chi connectivity index (χ0) is 13.3. The van der Waals surface area contributed by atoms with Crippen LogP contribution in [0.1, 0.15) is 33.1 Å². The Hall–Kier alpha value is -0.650. The number of carbonyl (C=O) groups excluding carboxylic acids is 1. The predicted octanol–water partition coefficient (Wildman–Crippen LogP) is 0.112. The zero-order valence-corrected chi connectivity index (χ0v) is 11.3. The Morgan fingerprint density at radius 1 is 1.61 bits per heavy atom. The molecular formula is C13H24N2O3. The molecule has 1 aliphatic heterocycles. The van der Waals surface area contributed by atoms with Crippen molar-refractivity contribution in [2.24, 2.45) is 11.1 Å². The predicted molar refractivity (Wildman–Crippen MR) is 67.9 cm³/mol. The van der Waals surface area contributed by atoms with Crippen molar-refractivity contribution in [3.63, 3.8) is 0 Å². The highest BCUT2D eigenvalue weighted by Crippen LogP contribution is 2.39. The molecule has 2 fully saturated rings. The Labute approximate surface area is 108 Å². The lowest BCUT2D eigenvalue weighted by Crippen LogP contribution is -2.58. The second-order valence-electron chi connectivity index (χ2n) is 5.86. The summed E-state index contributed by atoms with van der Waals surface area (Å²) in [6.45, 7) is 4.87. The van der Waals surface area contributed by atoms with Crippen LogP contribution in [0, 0.1) is 5.41 Å². The van der Waals surface area contributed by atoms with E-state index in [2.05, 4.69) is 0 Å². The minimum atomic E-state index is -0.439. The van der Waals surface area contributed by atoms with Crippen molar-refractivity contribution in [3.05, 3.63) is 0 Å². The van der Waals surface area contributed by atoms with Crippen LogP contribution in [0.3, 0.4) is 0 Å². The summed E-state index contributed by atoms with van der Waals surface area (Å²) < 4.78 is 5.47. The van der Waals surface area contributed by atoms with Gasteiger partial charge in [-0.3, -0.25) is 4.79 Å². The number of ether oxygens (including phenoxy) is 1. The molecule has 0 spiro atoms. The lowest BCUT2D eigenvalue weighted by molar-refractivity contribution is -0.156. The Morgan fingerprint density at radius 3 is 2.89 bits per heavy atom. The van der Waals surface area contributed by atoms with Crippen LogP contribution in [0.15, 0.2) is 0 Å². The second kappa shape index (κ2) is 5.15. The molecule has 0 bridgehead atoms. The standard InChI is InChI=1S/C13H24N2O3/c1-9-8-18-10(7-16)6-15(9)12(17)13(2)5-3-4-11(13)14/h9-11,16H,3-8,14H2,1-2H3. The largest absolute Gasteiger partial charge is 0.394 e. The van der Waals surface area contributed by atoms with Gasteiger partial charge in [-0.25, -0.2) is 0 Å². The number of amides is 1. The van der Waals surface area contributed by atoms with Gasteiger partial charge < -0.3 is 20.5 Å². The molecule has 1 heterocycles. The quantitative estimate of drug-likeness (QED) is 0.735. The molecule has 2 rings (SSSR count). The van der Waals surface area contributed by atoms with E-state index in [4.69, 9.17) is 10.5 Å². The average molecular weight is 256 g/mol. The second-order valence-corrected chi connectivity index (χ2v) is 5.86. The van der Waals surface area contributed by atoms with Gasteiger partial charge >= 0.3 is 0 Å². The number of nitrogens with zero attached hydrogens (tertiary/aromatic N) is 1. The normalized spacial score (nSPS) is 41.1. The first-order valence-electron chi connectivity index (χ1n) is 6.78. The molecule has 5 nitrogen and oxygen atoms in total. The molecule has 4 unspecified atom stereocenters. The number of nitrogens with two attached hydrogens (primary N) is 1. The minimum Gasteiger partial charge on any atom is -0.394 e. The SMILES string of the molecule is CC1COC(CO)CN1C(=O)C1(C)CCCC1N. The van der Waals surface area contributed by atoms with E-state index in [-0.39, 0.29) is 30.7 Å². The van der Waals surface area contributed by atoms with Gasteiger partial charge in [-0.05, 0) is 26.7 Å². The number of carbonyl (C=O) groups is 1. The highest BCUT2D eigenvalue weighted by Gasteiger charge is 2.47. The van der Waals surface area contributed by atoms with Crippen LogP contribution in [0.25, 0.3) is 0 Å². The molecule has 1 saturated heterocycles. The van der Waals surface area contributed by atoms with E-state index in [0.717, 1.165) is 19.3 Å². The summed E-state index contributed by atoms with van der Waals surface area (Å²) in [5.41, 5.74) is 5.67. The Balaban J connectivity index is 2.11. The third kappa shape index (κ3) is 2.27. The van der Waals surface area contributed by atoms with E-state index >= 15 is 0 Å². The monoisotopic (exact) mass is 256 g/mol. The van der Waals surface area contributed by atoms with Gasteiger partial charge in [0.2, 0.25) is 5.91 Å². The van der Waals surface area contributed by atoms with Gasteiger partial charge in [-0.2, -0.15) is 0 Å². The molecule has 1 aliphatic carbocycles. The Bertz CT molecular complexity index is 323. The van der Waals surface area contributed by atoms with Crippen molar-refractivity contribution in [1.82, 2.24) is 4.90 Å². The zero-order valence-electron chi connectivity index (χ0n) is 11.3. The van der Waals surface area contributed by atoms with Crippen LogP contribution >= 0.6 is 0 Å². The molecule has 2 aliphatic rings. The fourth-order valence-electron chi connectivity index (χ4n) is 3.00. The van der Waals surface area contributed by atoms with E-state index < -0.39 is 5.41 Å². The number of hydrogen-bond donors (Lipinski definition) is 2. The van der Waals surface area contributed by atoms with Gasteiger partial charge in [0, 0.05) is 12.6 Å². The molecule has 1 saturated carbocycles. The molecule has 0 aromatic rings. The van der Waals surface area contributed by atoms with Crippen LogP contribution in [0.5, 0.6) is 0 Å². The number of aliphatic hydroxyl groups is 1. The van der Waals surface area contributed by atoms with Crippen LogP contribution < -0.4 is 5.73 Å². The summed E-state index contributed by atoms with van der Waals surface area (Å²) in [5, 5.41) is 9.17. The molecule has 5 heteroatoms. The molecule has 4 atom stereocenters. The highest BCUT2D eigenvalue weighted by atomic mass is 16.5. The van der Waals surface area contributed by atoms with E-state index in [0.29, 0.717) is 13.2 Å². The van der Waals surface area contributed by atoms with E-state index in [1.54, 1.807) is 0 Å². The smallest absolute Gasteiger partial charge is 0.230 e. The van der Waals surface area contributed by atoms with Gasteiger partial charge in [0.1, 0.15) is 0 Å². The van der Waals surface area contributed by atoms with Crippen molar-refractivity contribution in [2.75, 3.05) is 19.8 Å². The maximum absolute atomic E-state index is 12.7. The summed E-state index contributed by atoms with van der Waals surface area (Å²) in [6.07, 6.45) is 2.54. The van der Waals surface area contributed by atoms with E-state index in [9.17, 15) is 9.90 Å². The van der Waals surface area contributed by atoms with Crippen molar-refractivity contribution in [1.29, 1.82) is 0 Å². The molecular weight excluding hydrogens is 232 g/mol. The van der Waals surface area contributed by atoms with Gasteiger partial charge in [0.25, 0.3) is 0 Å². The number of morpholine rings is 1. The number of aliphatic hydroxyl groups excluding tert-OH is 1. The third-order valence-corrected chi connectivity index (χ3v) is 4.49. The lowest BCUT2D eigenvalue weighted by Gasteiger charge is -2.42. The summed E-state index contributed by atoms with van der Waals surface area (Å²) in [7, 11) is 0. The van der Waals surface area contributed by atoms with E-state index in [1.165, 1.54) is 0 Å². The maximum atomic E-state index is 12.7. The summed E-state index contributed by atoms with van der Waals surface area (Å²) in [6, 6.07) is 0.0116. The number of rotatable bonds is 2. The Morgan fingerprint density at radius 2 is 2.33 bits per heavy atom. The minimum absolute atomic E-state index is 0.0424. The molecule has 18 heavy (non-hydrogen) atoms. The average Bonchev–Trinajstić information content (AvgIpc) is 2.71. The van der Waals surface area contributed by atoms with Crippen molar-refractivity contribution >= 4 is 5.91 Å². The third-order valence-electron chi connectivity index (χ3n) is 4.49. The lowest BCUT2D eigenvalue weighted by atomic mass is 9.83. The first-order valence-corrected chi connectivity index (χ1v) is 6.78. The van der Waals surface area contributed by atoms with Crippen molar-refractivity contribution < 1.29 is 14.6 Å². The van der Waals surface area contributed by atoms with Crippen LogP contribution in [0.2, 0.25) is 0 Å². The summed E-state index contributed by atoms with van der Waals surface area (Å²) >= 11 is 0. The van der Waals surface area contributed by atoms with Crippen molar-refractivity contribution in [2.45, 2.75) is 51.3 Å². The fraction of sp³-hybridized carbons (Fsp3) is 0.923. The molecule has 104 valence electrons. The van der Waals surface area contributed by atoms with Crippen molar-refractivity contribution in [3.8, 4) is 0 Å². The summed E-state index contributed by atoms with van der Waals surface area (Å²) in [4.78, 5) is 14.6. The summed E-state index contributed by atoms with van der Waals surface area (Å²) in [5.74, 6) is 0.127. The topological polar surface area (TPSA) is 75.8 Å². The van der Waals surface area contributed by atoms with Gasteiger partial charge in [0.15, 0.2) is 0 Å². The molecule has 3 N–H and O–H groups in total. The van der Waals surface area contributed by atoms with Gasteiger partial charge in [-0.15, -0.1) is 0 Å². The Kier molecular flexibility index (Phi) is 3.94. The van der Waals surface area contributed by atoms with Gasteiger partial charge in [0.05, 0.1) is 30.8 Å². The fourth-order valence-corrected chi connectivity index (χ4v) is 3.00. The molecule has 0 aromatic heterocycles. The van der Waals surface area contributed by atoms with Gasteiger partial charge in [-0.1, -0.05) is 6.42 Å². The first kappa shape index (κ1) is 13.8. The number of hydrogen-bond acceptors (Lipinski definition) is 4. The first-order chi connectivity index (χ1) is 8.49. The molecule has 1 amide bonds. The molecule has 0 radical (unpaired) electrons.